The van der Waals surface area contributed by atoms with E-state index in [4.69, 9.17) is 0 Å². The van der Waals surface area contributed by atoms with Gasteiger partial charge in [-0.2, -0.15) is 11.3 Å². The summed E-state index contributed by atoms with van der Waals surface area (Å²) in [6.07, 6.45) is 0. The first-order valence-electron chi connectivity index (χ1n) is 4.51. The first-order chi connectivity index (χ1) is 7.18. The molecular formula is C12H9FOS. The Hall–Kier alpha value is -1.48. The molecular weight excluding hydrogens is 211 g/mol. The highest BCUT2D eigenvalue weighted by atomic mass is 32.1. The van der Waals surface area contributed by atoms with Gasteiger partial charge in [0.15, 0.2) is 5.78 Å². The van der Waals surface area contributed by atoms with E-state index in [0.29, 0.717) is 5.56 Å². The van der Waals surface area contributed by atoms with Crippen molar-refractivity contribution in [3.8, 4) is 0 Å². The maximum absolute atomic E-state index is 13.5. The molecule has 0 aliphatic carbocycles. The highest BCUT2D eigenvalue weighted by molar-refractivity contribution is 7.08. The third-order valence-corrected chi connectivity index (χ3v) is 2.84. The fourth-order valence-electron chi connectivity index (χ4n) is 1.35. The number of carbonyl (C=O) groups is 1. The van der Waals surface area contributed by atoms with E-state index in [9.17, 15) is 9.18 Å². The first kappa shape index (κ1) is 10.1. The molecule has 0 aliphatic heterocycles. The van der Waals surface area contributed by atoms with E-state index >= 15 is 0 Å². The summed E-state index contributed by atoms with van der Waals surface area (Å²) in [6.45, 7) is 1.79. The molecule has 0 aliphatic rings. The van der Waals surface area contributed by atoms with Gasteiger partial charge in [-0.15, -0.1) is 0 Å². The molecule has 1 heterocycles. The van der Waals surface area contributed by atoms with Crippen LogP contribution in [0.2, 0.25) is 0 Å². The van der Waals surface area contributed by atoms with Gasteiger partial charge in [-0.05, 0) is 36.1 Å². The predicted molar refractivity (Wildman–Crippen MR) is 58.9 cm³/mol. The van der Waals surface area contributed by atoms with Crippen LogP contribution in [0.1, 0.15) is 21.5 Å². The van der Waals surface area contributed by atoms with Gasteiger partial charge in [0, 0.05) is 10.9 Å². The molecule has 76 valence electrons. The van der Waals surface area contributed by atoms with Gasteiger partial charge < -0.3 is 0 Å². The molecule has 15 heavy (non-hydrogen) atoms. The summed E-state index contributed by atoms with van der Waals surface area (Å²) in [5, 5.41) is 3.53. The zero-order valence-corrected chi connectivity index (χ0v) is 8.98. The summed E-state index contributed by atoms with van der Waals surface area (Å²) in [6, 6.07) is 6.35. The van der Waals surface area contributed by atoms with Crippen LogP contribution in [-0.4, -0.2) is 5.78 Å². The fraction of sp³-hybridized carbons (Fsp3) is 0.0833. The van der Waals surface area contributed by atoms with Crippen LogP contribution >= 0.6 is 11.3 Å². The van der Waals surface area contributed by atoms with Gasteiger partial charge in [-0.1, -0.05) is 6.07 Å². The average Bonchev–Trinajstić information content (AvgIpc) is 2.69. The second-order valence-corrected chi connectivity index (χ2v) is 4.10. The number of aryl methyl sites for hydroxylation is 1. The summed E-state index contributed by atoms with van der Waals surface area (Å²) in [7, 11) is 0. The lowest BCUT2D eigenvalue weighted by atomic mass is 10.0. The molecule has 0 amide bonds. The van der Waals surface area contributed by atoms with Crippen LogP contribution in [0.4, 0.5) is 4.39 Å². The van der Waals surface area contributed by atoms with Crippen LogP contribution in [0.15, 0.2) is 35.0 Å². The second-order valence-electron chi connectivity index (χ2n) is 3.32. The Balaban J connectivity index is 2.42. The molecule has 0 bridgehead atoms. The van der Waals surface area contributed by atoms with Crippen LogP contribution in [0.5, 0.6) is 0 Å². The molecule has 0 saturated carbocycles. The Morgan fingerprint density at radius 1 is 1.33 bits per heavy atom. The van der Waals surface area contributed by atoms with Gasteiger partial charge in [0.25, 0.3) is 0 Å². The van der Waals surface area contributed by atoms with Gasteiger partial charge in [0.1, 0.15) is 5.82 Å². The van der Waals surface area contributed by atoms with Crippen molar-refractivity contribution in [3.63, 3.8) is 0 Å². The molecule has 0 radical (unpaired) electrons. The smallest absolute Gasteiger partial charge is 0.196 e. The topological polar surface area (TPSA) is 17.1 Å². The van der Waals surface area contributed by atoms with Crippen molar-refractivity contribution in [3.05, 3.63) is 57.5 Å². The minimum atomic E-state index is -0.453. The molecule has 0 atom stereocenters. The number of halogens is 1. The summed E-state index contributed by atoms with van der Waals surface area (Å²) in [5.74, 6) is -0.708. The number of ketones is 1. The Morgan fingerprint density at radius 2 is 2.13 bits per heavy atom. The Kier molecular flexibility index (Phi) is 2.64. The minimum Gasteiger partial charge on any atom is -0.288 e. The fourth-order valence-corrected chi connectivity index (χ4v) is 1.99. The quantitative estimate of drug-likeness (QED) is 0.709. The predicted octanol–water partition coefficient (Wildman–Crippen LogP) is 3.43. The van der Waals surface area contributed by atoms with Crippen molar-refractivity contribution in [1.82, 2.24) is 0 Å². The summed E-state index contributed by atoms with van der Waals surface area (Å²) < 4.78 is 13.5. The zero-order chi connectivity index (χ0) is 10.8. The third-order valence-electron chi connectivity index (χ3n) is 2.15. The number of hydrogen-bond donors (Lipinski definition) is 0. The van der Waals surface area contributed by atoms with Crippen molar-refractivity contribution in [2.75, 3.05) is 0 Å². The first-order valence-corrected chi connectivity index (χ1v) is 5.46. The van der Waals surface area contributed by atoms with Crippen molar-refractivity contribution in [1.29, 1.82) is 0 Å². The summed E-state index contributed by atoms with van der Waals surface area (Å²) in [5.41, 5.74) is 1.50. The van der Waals surface area contributed by atoms with E-state index in [-0.39, 0.29) is 11.3 Å². The van der Waals surface area contributed by atoms with E-state index in [0.717, 1.165) is 5.56 Å². The Labute approximate surface area is 91.2 Å². The lowest BCUT2D eigenvalue weighted by Gasteiger charge is -2.01. The molecule has 0 N–H and O–H groups in total. The number of thiophene rings is 1. The SMILES string of the molecule is Cc1ccc(C(=O)c2ccsc2)c(F)c1. The molecule has 0 saturated heterocycles. The van der Waals surface area contributed by atoms with Gasteiger partial charge in [0.05, 0.1) is 5.56 Å². The Morgan fingerprint density at radius 3 is 2.73 bits per heavy atom. The summed E-state index contributed by atoms with van der Waals surface area (Å²) >= 11 is 1.43. The standard InChI is InChI=1S/C12H9FOS/c1-8-2-3-10(11(13)6-8)12(14)9-4-5-15-7-9/h2-7H,1H3. The van der Waals surface area contributed by atoms with E-state index in [1.165, 1.54) is 23.5 Å². The van der Waals surface area contributed by atoms with Crippen molar-refractivity contribution in [2.45, 2.75) is 6.92 Å². The summed E-state index contributed by atoms with van der Waals surface area (Å²) in [4.78, 5) is 11.8. The monoisotopic (exact) mass is 220 g/mol. The molecule has 1 aromatic heterocycles. The van der Waals surface area contributed by atoms with E-state index in [1.807, 2.05) is 0 Å². The lowest BCUT2D eigenvalue weighted by Crippen LogP contribution is -2.02. The van der Waals surface area contributed by atoms with Gasteiger partial charge in [-0.3, -0.25) is 4.79 Å². The van der Waals surface area contributed by atoms with Crippen LogP contribution < -0.4 is 0 Å². The Bertz CT molecular complexity index is 488. The molecule has 0 spiro atoms. The minimum absolute atomic E-state index is 0.138. The van der Waals surface area contributed by atoms with Crippen molar-refractivity contribution >= 4 is 17.1 Å². The number of benzene rings is 1. The molecule has 3 heteroatoms. The van der Waals surface area contributed by atoms with Crippen LogP contribution in [0, 0.1) is 12.7 Å². The van der Waals surface area contributed by atoms with Gasteiger partial charge in [0.2, 0.25) is 0 Å². The molecule has 2 aromatic rings. The van der Waals surface area contributed by atoms with Crippen LogP contribution in [-0.2, 0) is 0 Å². The second kappa shape index (κ2) is 3.95. The highest BCUT2D eigenvalue weighted by Gasteiger charge is 2.13. The molecule has 1 nitrogen and oxygen atoms in total. The maximum Gasteiger partial charge on any atom is 0.196 e. The average molecular weight is 220 g/mol. The molecule has 0 unspecified atom stereocenters. The third kappa shape index (κ3) is 1.97. The lowest BCUT2D eigenvalue weighted by molar-refractivity contribution is 0.103. The van der Waals surface area contributed by atoms with E-state index < -0.39 is 5.82 Å². The van der Waals surface area contributed by atoms with Crippen LogP contribution in [0.25, 0.3) is 0 Å². The van der Waals surface area contributed by atoms with Crippen molar-refractivity contribution in [2.24, 2.45) is 0 Å². The normalized spacial score (nSPS) is 10.3. The van der Waals surface area contributed by atoms with Gasteiger partial charge >= 0.3 is 0 Å². The van der Waals surface area contributed by atoms with Crippen LogP contribution in [0.3, 0.4) is 0 Å². The van der Waals surface area contributed by atoms with E-state index in [1.54, 1.807) is 29.8 Å². The largest absolute Gasteiger partial charge is 0.288 e. The van der Waals surface area contributed by atoms with Gasteiger partial charge in [-0.25, -0.2) is 4.39 Å². The zero-order valence-electron chi connectivity index (χ0n) is 8.16. The molecule has 0 fully saturated rings. The maximum atomic E-state index is 13.5. The number of carbonyl (C=O) groups excluding carboxylic acids is 1. The van der Waals surface area contributed by atoms with E-state index in [2.05, 4.69) is 0 Å². The number of hydrogen-bond acceptors (Lipinski definition) is 2. The molecule has 2 rings (SSSR count). The molecule has 1 aromatic carbocycles. The highest BCUT2D eigenvalue weighted by Crippen LogP contribution is 2.16. The number of rotatable bonds is 2. The van der Waals surface area contributed by atoms with Crippen molar-refractivity contribution < 1.29 is 9.18 Å².